The molecule has 51 heavy (non-hydrogen) atoms. The highest BCUT2D eigenvalue weighted by molar-refractivity contribution is 7.26. The van der Waals surface area contributed by atoms with E-state index in [1.165, 1.54) is 53.1 Å². The Bertz CT molecular complexity index is 2400. The van der Waals surface area contributed by atoms with Crippen LogP contribution < -0.4 is 9.80 Å². The second-order valence-electron chi connectivity index (χ2n) is 13.4. The lowest BCUT2D eigenvalue weighted by Crippen LogP contribution is -2.15. The van der Waals surface area contributed by atoms with E-state index < -0.39 is 0 Å². The molecule has 0 amide bonds. The van der Waals surface area contributed by atoms with Gasteiger partial charge in [0.2, 0.25) is 0 Å². The molecule has 0 aliphatic heterocycles. The van der Waals surface area contributed by atoms with Gasteiger partial charge >= 0.3 is 0 Å². The molecule has 0 spiro atoms. The van der Waals surface area contributed by atoms with Crippen molar-refractivity contribution in [2.24, 2.45) is 0 Å². The highest BCUT2D eigenvalue weighted by Crippen LogP contribution is 2.52. The van der Waals surface area contributed by atoms with E-state index >= 15 is 0 Å². The Kier molecular flexibility index (Phi) is 7.92. The quantitative estimate of drug-likeness (QED) is 0.156. The monoisotopic (exact) mass is 692 g/mol. The van der Waals surface area contributed by atoms with E-state index in [-0.39, 0.29) is 5.41 Å². The molecule has 6 aromatic carbocycles. The number of hydrogen-bond acceptors (Lipinski definition) is 4. The fourth-order valence-corrected chi connectivity index (χ4v) is 9.59. The molecule has 8 aromatic rings. The molecule has 2 aromatic heterocycles. The summed E-state index contributed by atoms with van der Waals surface area (Å²) in [7, 11) is 0. The zero-order valence-electron chi connectivity index (χ0n) is 28.5. The van der Waals surface area contributed by atoms with Crippen LogP contribution in [0.15, 0.2) is 182 Å². The van der Waals surface area contributed by atoms with Crippen molar-refractivity contribution >= 4 is 55.4 Å². The first-order chi connectivity index (χ1) is 25.0. The van der Waals surface area contributed by atoms with E-state index in [9.17, 15) is 0 Å². The largest absolute Gasteiger partial charge is 0.302 e. The predicted octanol–water partition coefficient (Wildman–Crippen LogP) is 14.4. The van der Waals surface area contributed by atoms with Gasteiger partial charge in [-0.15, -0.1) is 22.7 Å². The molecule has 0 fully saturated rings. The van der Waals surface area contributed by atoms with Crippen LogP contribution in [0.2, 0.25) is 0 Å². The van der Waals surface area contributed by atoms with Crippen LogP contribution in [0.3, 0.4) is 0 Å². The first-order valence-electron chi connectivity index (χ1n) is 17.3. The predicted molar refractivity (Wildman–Crippen MR) is 220 cm³/mol. The Morgan fingerprint density at radius 3 is 1.43 bits per heavy atom. The summed E-state index contributed by atoms with van der Waals surface area (Å²) < 4.78 is 0. The van der Waals surface area contributed by atoms with Gasteiger partial charge in [-0.2, -0.15) is 0 Å². The van der Waals surface area contributed by atoms with Gasteiger partial charge in [0.25, 0.3) is 0 Å². The number of anilines is 6. The minimum Gasteiger partial charge on any atom is -0.302 e. The molecule has 1 aliphatic carbocycles. The molecular formula is C47H36N2S2. The number of benzene rings is 6. The second kappa shape index (κ2) is 12.9. The van der Waals surface area contributed by atoms with Gasteiger partial charge in [-0.3, -0.25) is 0 Å². The standard InChI is InChI=1S/C47H36N2S2/c1-47(2)41-21-13-12-20-39(41)40-32-38(26-27-42(40)47)49(37-24-22-34(23-25-37)33-14-6-3-7-15-33)46-31-29-44(51-46)43-28-30-45(50-43)48(35-16-8-4-9-17-35)36-18-10-5-11-19-36/h3-32H,1-2H3. The van der Waals surface area contributed by atoms with Gasteiger partial charge in [0.1, 0.15) is 10.0 Å². The molecule has 9 rings (SSSR count). The van der Waals surface area contributed by atoms with Crippen molar-refractivity contribution in [1.82, 2.24) is 0 Å². The normalized spacial score (nSPS) is 12.7. The van der Waals surface area contributed by atoms with Crippen LogP contribution in [0.25, 0.3) is 32.0 Å². The molecule has 1 aliphatic rings. The fraction of sp³-hybridized carbons (Fsp3) is 0.0638. The van der Waals surface area contributed by atoms with E-state index in [0.29, 0.717) is 0 Å². The summed E-state index contributed by atoms with van der Waals surface area (Å²) in [5.41, 5.74) is 12.4. The Labute approximate surface area is 308 Å². The fourth-order valence-electron chi connectivity index (χ4n) is 7.40. The van der Waals surface area contributed by atoms with E-state index in [1.54, 1.807) is 0 Å². The zero-order valence-corrected chi connectivity index (χ0v) is 30.2. The van der Waals surface area contributed by atoms with Crippen LogP contribution in [-0.4, -0.2) is 0 Å². The Balaban J connectivity index is 1.12. The van der Waals surface area contributed by atoms with Gasteiger partial charge in [-0.05, 0) is 106 Å². The van der Waals surface area contributed by atoms with Crippen LogP contribution >= 0.6 is 22.7 Å². The van der Waals surface area contributed by atoms with Gasteiger partial charge in [0.05, 0.1) is 0 Å². The van der Waals surface area contributed by atoms with Crippen LogP contribution in [0.4, 0.5) is 32.8 Å². The first kappa shape index (κ1) is 31.3. The molecule has 2 nitrogen and oxygen atoms in total. The molecule has 0 atom stereocenters. The van der Waals surface area contributed by atoms with Crippen molar-refractivity contribution in [2.75, 3.05) is 9.80 Å². The third-order valence-electron chi connectivity index (χ3n) is 9.95. The van der Waals surface area contributed by atoms with Crippen molar-refractivity contribution in [3.05, 3.63) is 193 Å². The zero-order chi connectivity index (χ0) is 34.4. The summed E-state index contributed by atoms with van der Waals surface area (Å²) in [4.78, 5) is 7.27. The molecule has 0 bridgehead atoms. The molecule has 0 N–H and O–H groups in total. The lowest BCUT2D eigenvalue weighted by Gasteiger charge is -2.26. The molecular weight excluding hydrogens is 657 g/mol. The van der Waals surface area contributed by atoms with Crippen LogP contribution in [-0.2, 0) is 5.41 Å². The van der Waals surface area contributed by atoms with Gasteiger partial charge < -0.3 is 9.80 Å². The number of thiophene rings is 2. The van der Waals surface area contributed by atoms with Crippen LogP contribution in [0.1, 0.15) is 25.0 Å². The van der Waals surface area contributed by atoms with Crippen molar-refractivity contribution in [2.45, 2.75) is 19.3 Å². The number of rotatable bonds is 8. The molecule has 0 radical (unpaired) electrons. The molecule has 2 heterocycles. The number of hydrogen-bond donors (Lipinski definition) is 0. The minimum absolute atomic E-state index is 0.0347. The number of nitrogens with zero attached hydrogens (tertiary/aromatic N) is 2. The summed E-state index contributed by atoms with van der Waals surface area (Å²) in [5, 5.41) is 2.37. The maximum atomic E-state index is 2.42. The molecule has 4 heteroatoms. The molecule has 246 valence electrons. The summed E-state index contributed by atoms with van der Waals surface area (Å²) in [6.45, 7) is 4.68. The van der Waals surface area contributed by atoms with Gasteiger partial charge in [-0.25, -0.2) is 0 Å². The first-order valence-corrected chi connectivity index (χ1v) is 19.0. The Morgan fingerprint density at radius 2 is 0.824 bits per heavy atom. The Morgan fingerprint density at radius 1 is 0.373 bits per heavy atom. The summed E-state index contributed by atoms with van der Waals surface area (Å²) in [6.07, 6.45) is 0. The highest BCUT2D eigenvalue weighted by atomic mass is 32.1. The van der Waals surface area contributed by atoms with Crippen LogP contribution in [0, 0.1) is 0 Å². The van der Waals surface area contributed by atoms with Crippen molar-refractivity contribution in [1.29, 1.82) is 0 Å². The van der Waals surface area contributed by atoms with Gasteiger partial charge in [0, 0.05) is 37.9 Å². The lowest BCUT2D eigenvalue weighted by atomic mass is 9.82. The lowest BCUT2D eigenvalue weighted by molar-refractivity contribution is 0.660. The van der Waals surface area contributed by atoms with E-state index in [1.807, 2.05) is 22.7 Å². The van der Waals surface area contributed by atoms with E-state index in [0.717, 1.165) is 22.7 Å². The summed E-state index contributed by atoms with van der Waals surface area (Å²) >= 11 is 3.66. The van der Waals surface area contributed by atoms with E-state index in [4.69, 9.17) is 0 Å². The van der Waals surface area contributed by atoms with Crippen molar-refractivity contribution < 1.29 is 0 Å². The summed E-state index contributed by atoms with van der Waals surface area (Å²) in [6, 6.07) is 65.9. The second-order valence-corrected chi connectivity index (χ2v) is 15.6. The molecule has 0 saturated carbocycles. The molecule has 0 unspecified atom stereocenters. The average molecular weight is 693 g/mol. The smallest absolute Gasteiger partial charge is 0.101 e. The topological polar surface area (TPSA) is 6.48 Å². The maximum Gasteiger partial charge on any atom is 0.101 e. The average Bonchev–Trinajstić information content (AvgIpc) is 3.92. The van der Waals surface area contributed by atoms with Crippen LogP contribution in [0.5, 0.6) is 0 Å². The third-order valence-corrected chi connectivity index (χ3v) is 12.3. The number of fused-ring (bicyclic) bond motifs is 3. The summed E-state index contributed by atoms with van der Waals surface area (Å²) in [5.74, 6) is 0. The van der Waals surface area contributed by atoms with Crippen molar-refractivity contribution in [3.63, 3.8) is 0 Å². The third kappa shape index (κ3) is 5.67. The van der Waals surface area contributed by atoms with E-state index in [2.05, 4.69) is 206 Å². The highest BCUT2D eigenvalue weighted by Gasteiger charge is 2.35. The van der Waals surface area contributed by atoms with Gasteiger partial charge in [-0.1, -0.05) is 123 Å². The molecule has 0 saturated heterocycles. The minimum atomic E-state index is -0.0347. The Hall–Kier alpha value is -5.68. The number of para-hydroxylation sites is 2. The van der Waals surface area contributed by atoms with Gasteiger partial charge in [0.15, 0.2) is 0 Å². The SMILES string of the molecule is CC1(C)c2ccccc2-c2cc(N(c3ccc(-c4ccccc4)cc3)c3ccc(-c4ccc(N(c5ccccc5)c5ccccc5)s4)s3)ccc21. The maximum absolute atomic E-state index is 2.42. The van der Waals surface area contributed by atoms with Crippen molar-refractivity contribution in [3.8, 4) is 32.0 Å².